The van der Waals surface area contributed by atoms with Gasteiger partial charge in [-0.15, -0.1) is 0 Å². The van der Waals surface area contributed by atoms with Crippen molar-refractivity contribution in [3.05, 3.63) is 53.1 Å². The summed E-state index contributed by atoms with van der Waals surface area (Å²) >= 11 is 0. The fraction of sp³-hybridized carbons (Fsp3) is 0.417. The number of aryl methyl sites for hydroxylation is 1. The molecule has 1 heterocycles. The van der Waals surface area contributed by atoms with Crippen LogP contribution in [0.5, 0.6) is 11.5 Å². The number of hydrogen-bond acceptors (Lipinski definition) is 5. The lowest BCUT2D eigenvalue weighted by Gasteiger charge is -2.34. The predicted octanol–water partition coefficient (Wildman–Crippen LogP) is 2.79. The number of carbonyl (C=O) groups is 2. The van der Waals surface area contributed by atoms with Gasteiger partial charge >= 0.3 is 6.03 Å². The normalized spacial score (nSPS) is 14.1. The van der Waals surface area contributed by atoms with Crippen LogP contribution in [0.4, 0.5) is 10.5 Å². The van der Waals surface area contributed by atoms with Crippen LogP contribution >= 0.6 is 0 Å². The van der Waals surface area contributed by atoms with Gasteiger partial charge in [0.2, 0.25) is 5.91 Å². The van der Waals surface area contributed by atoms with E-state index < -0.39 is 0 Å². The number of methoxy groups -OCH3 is 2. The Bertz CT molecular complexity index is 955. The Morgan fingerprint density at radius 1 is 0.969 bits per heavy atom. The van der Waals surface area contributed by atoms with Gasteiger partial charge in [-0.25, -0.2) is 4.79 Å². The monoisotopic (exact) mass is 440 g/mol. The van der Waals surface area contributed by atoms with Crippen molar-refractivity contribution in [2.75, 3.05) is 52.3 Å². The maximum Gasteiger partial charge on any atom is 0.317 e. The van der Waals surface area contributed by atoms with E-state index in [-0.39, 0.29) is 11.9 Å². The highest BCUT2D eigenvalue weighted by atomic mass is 16.5. The fourth-order valence-electron chi connectivity index (χ4n) is 3.67. The molecule has 0 atom stereocenters. The third kappa shape index (κ3) is 5.91. The summed E-state index contributed by atoms with van der Waals surface area (Å²) in [5.74, 6) is 1.25. The Labute approximate surface area is 189 Å². The summed E-state index contributed by atoms with van der Waals surface area (Å²) in [6.45, 7) is 7.22. The summed E-state index contributed by atoms with van der Waals surface area (Å²) < 4.78 is 10.5. The topological polar surface area (TPSA) is 83.1 Å². The number of carbonyl (C=O) groups excluding carboxylic acids is 2. The zero-order valence-electron chi connectivity index (χ0n) is 19.2. The summed E-state index contributed by atoms with van der Waals surface area (Å²) in [7, 11) is 3.17. The van der Waals surface area contributed by atoms with Crippen LogP contribution in [0.2, 0.25) is 0 Å². The lowest BCUT2D eigenvalue weighted by atomic mass is 10.1. The minimum atomic E-state index is -0.112. The number of ether oxygens (including phenoxy) is 2. The van der Waals surface area contributed by atoms with Crippen LogP contribution in [-0.4, -0.2) is 68.7 Å². The number of urea groups is 1. The first-order valence-electron chi connectivity index (χ1n) is 10.7. The molecule has 0 aliphatic carbocycles. The molecular formula is C24H32N4O4. The highest BCUT2D eigenvalue weighted by Gasteiger charge is 2.22. The van der Waals surface area contributed by atoms with Gasteiger partial charge in [0.25, 0.3) is 0 Å². The minimum absolute atomic E-state index is 0.0370. The highest BCUT2D eigenvalue weighted by molar-refractivity contribution is 5.93. The van der Waals surface area contributed by atoms with Crippen molar-refractivity contribution < 1.29 is 19.1 Å². The smallest absolute Gasteiger partial charge is 0.317 e. The molecule has 2 aromatic carbocycles. The van der Waals surface area contributed by atoms with Gasteiger partial charge in [-0.3, -0.25) is 9.69 Å². The molecule has 0 unspecified atom stereocenters. The number of hydrogen-bond donors (Lipinski definition) is 2. The van der Waals surface area contributed by atoms with Gasteiger partial charge in [-0.1, -0.05) is 18.2 Å². The molecule has 32 heavy (non-hydrogen) atoms. The lowest BCUT2D eigenvalue weighted by molar-refractivity contribution is -0.117. The quantitative estimate of drug-likeness (QED) is 0.692. The molecule has 172 valence electrons. The van der Waals surface area contributed by atoms with Gasteiger partial charge in [0.1, 0.15) is 0 Å². The lowest BCUT2D eigenvalue weighted by Crippen LogP contribution is -2.52. The highest BCUT2D eigenvalue weighted by Crippen LogP contribution is 2.27. The van der Waals surface area contributed by atoms with Gasteiger partial charge in [-0.2, -0.15) is 0 Å². The van der Waals surface area contributed by atoms with Crippen molar-refractivity contribution in [1.82, 2.24) is 15.1 Å². The van der Waals surface area contributed by atoms with E-state index in [0.717, 1.165) is 22.4 Å². The molecular weight excluding hydrogens is 408 g/mol. The summed E-state index contributed by atoms with van der Waals surface area (Å²) in [4.78, 5) is 28.8. The third-order valence-electron chi connectivity index (χ3n) is 5.80. The first kappa shape index (κ1) is 23.4. The third-order valence-corrected chi connectivity index (χ3v) is 5.80. The van der Waals surface area contributed by atoms with Crippen molar-refractivity contribution in [2.24, 2.45) is 0 Å². The maximum absolute atomic E-state index is 12.5. The zero-order chi connectivity index (χ0) is 23.1. The molecule has 1 saturated heterocycles. The second-order valence-corrected chi connectivity index (χ2v) is 7.91. The molecule has 3 amide bonds. The molecule has 2 aromatic rings. The van der Waals surface area contributed by atoms with E-state index in [1.165, 1.54) is 0 Å². The Morgan fingerprint density at radius 3 is 2.38 bits per heavy atom. The summed E-state index contributed by atoms with van der Waals surface area (Å²) in [5, 5.41) is 5.95. The number of anilines is 1. The number of rotatable bonds is 7. The molecule has 1 fully saturated rings. The van der Waals surface area contributed by atoms with Gasteiger partial charge in [0, 0.05) is 38.4 Å². The number of amides is 3. The second kappa shape index (κ2) is 10.9. The fourth-order valence-corrected chi connectivity index (χ4v) is 3.67. The van der Waals surface area contributed by atoms with Gasteiger partial charge in [0.05, 0.1) is 20.8 Å². The van der Waals surface area contributed by atoms with Crippen LogP contribution in [0.1, 0.15) is 16.7 Å². The average Bonchev–Trinajstić information content (AvgIpc) is 2.80. The Hall–Kier alpha value is -3.26. The summed E-state index contributed by atoms with van der Waals surface area (Å²) in [6.07, 6.45) is 0. The van der Waals surface area contributed by atoms with Crippen LogP contribution in [-0.2, 0) is 11.3 Å². The van der Waals surface area contributed by atoms with Crippen molar-refractivity contribution in [1.29, 1.82) is 0 Å². The molecule has 1 aliphatic rings. The van der Waals surface area contributed by atoms with E-state index in [2.05, 4.69) is 15.5 Å². The standard InChI is InChI=1S/C24H32N4O4/c1-17-6-5-7-20(18(17)2)26-23(29)16-27-10-12-28(13-11-27)24(30)25-15-19-8-9-21(31-3)22(14-19)32-4/h5-9,14H,10-13,15-16H2,1-4H3,(H,25,30)(H,26,29). The van der Waals surface area contributed by atoms with Crippen LogP contribution < -0.4 is 20.1 Å². The molecule has 3 rings (SSSR count). The zero-order valence-corrected chi connectivity index (χ0v) is 19.2. The van der Waals surface area contributed by atoms with E-state index >= 15 is 0 Å². The van der Waals surface area contributed by atoms with E-state index in [0.29, 0.717) is 50.8 Å². The van der Waals surface area contributed by atoms with E-state index in [1.54, 1.807) is 19.1 Å². The molecule has 8 heteroatoms. The molecule has 8 nitrogen and oxygen atoms in total. The Balaban J connectivity index is 1.43. The first-order valence-corrected chi connectivity index (χ1v) is 10.7. The van der Waals surface area contributed by atoms with Gasteiger partial charge in [0.15, 0.2) is 11.5 Å². The van der Waals surface area contributed by atoms with E-state index in [1.807, 2.05) is 50.2 Å². The van der Waals surface area contributed by atoms with E-state index in [4.69, 9.17) is 9.47 Å². The van der Waals surface area contributed by atoms with Crippen molar-refractivity contribution in [3.63, 3.8) is 0 Å². The average molecular weight is 441 g/mol. The molecule has 2 N–H and O–H groups in total. The molecule has 0 saturated carbocycles. The van der Waals surface area contributed by atoms with Crippen molar-refractivity contribution in [3.8, 4) is 11.5 Å². The molecule has 0 aromatic heterocycles. The maximum atomic E-state index is 12.5. The second-order valence-electron chi connectivity index (χ2n) is 7.91. The summed E-state index contributed by atoms with van der Waals surface area (Å²) in [6, 6.07) is 11.3. The predicted molar refractivity (Wildman–Crippen MR) is 124 cm³/mol. The number of benzene rings is 2. The van der Waals surface area contributed by atoms with E-state index in [9.17, 15) is 9.59 Å². The molecule has 0 bridgehead atoms. The van der Waals surface area contributed by atoms with Crippen LogP contribution in [0.25, 0.3) is 0 Å². The number of nitrogens with zero attached hydrogens (tertiary/aromatic N) is 2. The van der Waals surface area contributed by atoms with Crippen molar-refractivity contribution in [2.45, 2.75) is 20.4 Å². The number of piperazine rings is 1. The molecule has 1 aliphatic heterocycles. The Kier molecular flexibility index (Phi) is 7.94. The van der Waals surface area contributed by atoms with Crippen LogP contribution in [0.15, 0.2) is 36.4 Å². The number of nitrogens with one attached hydrogen (secondary N) is 2. The van der Waals surface area contributed by atoms with Crippen LogP contribution in [0.3, 0.4) is 0 Å². The minimum Gasteiger partial charge on any atom is -0.493 e. The first-order chi connectivity index (χ1) is 15.4. The summed E-state index contributed by atoms with van der Waals surface area (Å²) in [5.41, 5.74) is 4.01. The van der Waals surface area contributed by atoms with Crippen molar-refractivity contribution >= 4 is 17.6 Å². The largest absolute Gasteiger partial charge is 0.493 e. The van der Waals surface area contributed by atoms with Gasteiger partial charge in [-0.05, 0) is 48.7 Å². The van der Waals surface area contributed by atoms with Crippen LogP contribution in [0, 0.1) is 13.8 Å². The van der Waals surface area contributed by atoms with Gasteiger partial charge < -0.3 is 25.0 Å². The Morgan fingerprint density at radius 2 is 1.69 bits per heavy atom. The molecule has 0 spiro atoms. The molecule has 0 radical (unpaired) electrons. The SMILES string of the molecule is COc1ccc(CNC(=O)N2CCN(CC(=O)Nc3cccc(C)c3C)CC2)cc1OC.